The van der Waals surface area contributed by atoms with Crippen LogP contribution in [0.15, 0.2) is 42.5 Å². The topological polar surface area (TPSA) is 64.3 Å². The van der Waals surface area contributed by atoms with E-state index in [2.05, 4.69) is 11.4 Å². The average molecular weight is 310 g/mol. The molecule has 0 saturated heterocycles. The summed E-state index contributed by atoms with van der Waals surface area (Å²) < 4.78 is 5.39. The van der Waals surface area contributed by atoms with Crippen molar-refractivity contribution in [2.45, 2.75) is 20.8 Å². The molecule has 3 N–H and O–H groups in total. The van der Waals surface area contributed by atoms with Crippen molar-refractivity contribution >= 4 is 23.4 Å². The number of benzene rings is 2. The summed E-state index contributed by atoms with van der Waals surface area (Å²) in [6.07, 6.45) is 3.22. The molecule has 0 aliphatic rings. The van der Waals surface area contributed by atoms with Crippen LogP contribution in [0, 0.1) is 13.8 Å². The lowest BCUT2D eigenvalue weighted by Crippen LogP contribution is -2.08. The SMILES string of the molecule is CCOc1ccc(/C=C\C(=O)Nc2cc(C)cc(C)c2)cc1N. The van der Waals surface area contributed by atoms with Crippen LogP contribution in [-0.2, 0) is 4.79 Å². The van der Waals surface area contributed by atoms with Crippen LogP contribution in [-0.4, -0.2) is 12.5 Å². The number of amides is 1. The van der Waals surface area contributed by atoms with Crippen molar-refractivity contribution in [1.29, 1.82) is 0 Å². The molecule has 4 heteroatoms. The molecule has 0 radical (unpaired) electrons. The zero-order valence-corrected chi connectivity index (χ0v) is 13.7. The van der Waals surface area contributed by atoms with Crippen LogP contribution in [0.5, 0.6) is 5.75 Å². The molecule has 0 aliphatic heterocycles. The average Bonchev–Trinajstić information content (AvgIpc) is 2.47. The molecule has 0 aromatic heterocycles. The zero-order valence-electron chi connectivity index (χ0n) is 13.7. The van der Waals surface area contributed by atoms with Crippen LogP contribution in [0.25, 0.3) is 6.08 Å². The molecular formula is C19H22N2O2. The molecule has 1 amide bonds. The van der Waals surface area contributed by atoms with Gasteiger partial charge in [-0.15, -0.1) is 0 Å². The minimum Gasteiger partial charge on any atom is -0.492 e. The van der Waals surface area contributed by atoms with Crippen LogP contribution in [0.1, 0.15) is 23.6 Å². The van der Waals surface area contributed by atoms with Crippen molar-refractivity contribution in [2.24, 2.45) is 0 Å². The van der Waals surface area contributed by atoms with Gasteiger partial charge in [-0.1, -0.05) is 12.1 Å². The third-order valence-corrected chi connectivity index (χ3v) is 3.25. The Balaban J connectivity index is 2.04. The van der Waals surface area contributed by atoms with Crippen LogP contribution in [0.4, 0.5) is 11.4 Å². The summed E-state index contributed by atoms with van der Waals surface area (Å²) in [6, 6.07) is 11.4. The van der Waals surface area contributed by atoms with E-state index in [1.54, 1.807) is 18.2 Å². The van der Waals surface area contributed by atoms with Gasteiger partial charge in [0.25, 0.3) is 0 Å². The number of nitrogens with two attached hydrogens (primary N) is 1. The normalized spacial score (nSPS) is 10.7. The number of carbonyl (C=O) groups excluding carboxylic acids is 1. The Morgan fingerprint density at radius 3 is 2.48 bits per heavy atom. The number of aryl methyl sites for hydroxylation is 2. The summed E-state index contributed by atoms with van der Waals surface area (Å²) >= 11 is 0. The Morgan fingerprint density at radius 1 is 1.17 bits per heavy atom. The van der Waals surface area contributed by atoms with Crippen LogP contribution in [0.2, 0.25) is 0 Å². The van der Waals surface area contributed by atoms with Gasteiger partial charge in [0.1, 0.15) is 5.75 Å². The van der Waals surface area contributed by atoms with E-state index in [1.807, 2.05) is 39.0 Å². The van der Waals surface area contributed by atoms with Gasteiger partial charge in [-0.05, 0) is 67.8 Å². The van der Waals surface area contributed by atoms with Gasteiger partial charge in [0.05, 0.1) is 12.3 Å². The lowest BCUT2D eigenvalue weighted by molar-refractivity contribution is -0.111. The maximum absolute atomic E-state index is 12.0. The van der Waals surface area contributed by atoms with Crippen molar-refractivity contribution in [1.82, 2.24) is 0 Å². The van der Waals surface area contributed by atoms with Crippen molar-refractivity contribution in [3.8, 4) is 5.75 Å². The molecule has 2 aromatic rings. The van der Waals surface area contributed by atoms with Gasteiger partial charge in [0.15, 0.2) is 0 Å². The molecule has 0 unspecified atom stereocenters. The Labute approximate surface area is 137 Å². The van der Waals surface area contributed by atoms with Crippen LogP contribution >= 0.6 is 0 Å². The first-order valence-electron chi connectivity index (χ1n) is 7.57. The molecule has 23 heavy (non-hydrogen) atoms. The van der Waals surface area contributed by atoms with Gasteiger partial charge in [-0.3, -0.25) is 4.79 Å². The minimum absolute atomic E-state index is 0.178. The smallest absolute Gasteiger partial charge is 0.248 e. The highest BCUT2D eigenvalue weighted by atomic mass is 16.5. The second-order valence-electron chi connectivity index (χ2n) is 5.43. The molecule has 0 heterocycles. The number of nitrogens with one attached hydrogen (secondary N) is 1. The molecule has 2 aromatic carbocycles. The molecule has 0 bridgehead atoms. The van der Waals surface area contributed by atoms with Crippen molar-refractivity contribution in [3.05, 3.63) is 59.2 Å². The predicted octanol–water partition coefficient (Wildman–Crippen LogP) is 3.94. The van der Waals surface area contributed by atoms with Crippen LogP contribution in [0.3, 0.4) is 0 Å². The van der Waals surface area contributed by atoms with Crippen molar-refractivity contribution in [2.75, 3.05) is 17.7 Å². The van der Waals surface area contributed by atoms with Gasteiger partial charge in [-0.25, -0.2) is 0 Å². The molecule has 4 nitrogen and oxygen atoms in total. The fraction of sp³-hybridized carbons (Fsp3) is 0.211. The second-order valence-corrected chi connectivity index (χ2v) is 5.43. The van der Waals surface area contributed by atoms with Gasteiger partial charge < -0.3 is 15.8 Å². The summed E-state index contributed by atoms with van der Waals surface area (Å²) in [5, 5.41) is 2.86. The highest BCUT2D eigenvalue weighted by Crippen LogP contribution is 2.23. The number of rotatable bonds is 5. The molecule has 0 fully saturated rings. The molecule has 0 saturated carbocycles. The Hall–Kier alpha value is -2.75. The first-order valence-corrected chi connectivity index (χ1v) is 7.57. The van der Waals surface area contributed by atoms with E-state index in [9.17, 15) is 4.79 Å². The molecule has 2 rings (SSSR count). The Kier molecular flexibility index (Phi) is 5.41. The Morgan fingerprint density at radius 2 is 1.87 bits per heavy atom. The van der Waals surface area contributed by atoms with E-state index in [1.165, 1.54) is 6.08 Å². The molecule has 120 valence electrons. The largest absolute Gasteiger partial charge is 0.492 e. The zero-order chi connectivity index (χ0) is 16.8. The van der Waals surface area contributed by atoms with Gasteiger partial charge in [0, 0.05) is 11.8 Å². The highest BCUT2D eigenvalue weighted by Gasteiger charge is 2.02. The Bertz CT molecular complexity index is 716. The lowest BCUT2D eigenvalue weighted by atomic mass is 10.1. The number of ether oxygens (including phenoxy) is 1. The predicted molar refractivity (Wildman–Crippen MR) is 95.6 cm³/mol. The van der Waals surface area contributed by atoms with E-state index < -0.39 is 0 Å². The molecule has 0 atom stereocenters. The number of hydrogen-bond acceptors (Lipinski definition) is 3. The number of carbonyl (C=O) groups is 1. The summed E-state index contributed by atoms with van der Waals surface area (Å²) in [7, 11) is 0. The summed E-state index contributed by atoms with van der Waals surface area (Å²) in [5.74, 6) is 0.479. The second kappa shape index (κ2) is 7.49. The van der Waals surface area contributed by atoms with Crippen molar-refractivity contribution < 1.29 is 9.53 Å². The third-order valence-electron chi connectivity index (χ3n) is 3.25. The fourth-order valence-electron chi connectivity index (χ4n) is 2.36. The van der Waals surface area contributed by atoms with Gasteiger partial charge in [0.2, 0.25) is 5.91 Å². The monoisotopic (exact) mass is 310 g/mol. The highest BCUT2D eigenvalue weighted by molar-refractivity contribution is 6.02. The number of hydrogen-bond donors (Lipinski definition) is 2. The first kappa shape index (κ1) is 16.6. The maximum atomic E-state index is 12.0. The maximum Gasteiger partial charge on any atom is 0.248 e. The van der Waals surface area contributed by atoms with E-state index in [0.717, 1.165) is 22.4 Å². The standard InChI is InChI=1S/C19H22N2O2/c1-4-23-18-7-5-15(12-17(18)20)6-8-19(22)21-16-10-13(2)9-14(3)11-16/h5-12H,4,20H2,1-3H3,(H,21,22)/b8-6-. The lowest BCUT2D eigenvalue weighted by Gasteiger charge is -2.07. The molecule has 0 aliphatic carbocycles. The van der Waals surface area contributed by atoms with Crippen molar-refractivity contribution in [3.63, 3.8) is 0 Å². The minimum atomic E-state index is -0.178. The third kappa shape index (κ3) is 4.88. The fourth-order valence-corrected chi connectivity index (χ4v) is 2.36. The van der Waals surface area contributed by atoms with E-state index >= 15 is 0 Å². The van der Waals surface area contributed by atoms with E-state index in [-0.39, 0.29) is 5.91 Å². The summed E-state index contributed by atoms with van der Waals surface area (Å²) in [5.41, 5.74) is 10.3. The summed E-state index contributed by atoms with van der Waals surface area (Å²) in [4.78, 5) is 12.0. The van der Waals surface area contributed by atoms with Gasteiger partial charge >= 0.3 is 0 Å². The number of nitrogen functional groups attached to an aromatic ring is 1. The van der Waals surface area contributed by atoms with E-state index in [4.69, 9.17) is 10.5 Å². The summed E-state index contributed by atoms with van der Waals surface area (Å²) in [6.45, 7) is 6.48. The molecular weight excluding hydrogens is 288 g/mol. The number of anilines is 2. The van der Waals surface area contributed by atoms with Crippen LogP contribution < -0.4 is 15.8 Å². The van der Waals surface area contributed by atoms with Gasteiger partial charge in [-0.2, -0.15) is 0 Å². The van der Waals surface area contributed by atoms with E-state index in [0.29, 0.717) is 18.0 Å². The first-order chi connectivity index (χ1) is 11.0. The quantitative estimate of drug-likeness (QED) is 0.649. The molecule has 0 spiro atoms.